The van der Waals surface area contributed by atoms with Crippen LogP contribution in [0.15, 0.2) is 41.1 Å². The molecule has 0 spiro atoms. The highest BCUT2D eigenvalue weighted by Gasteiger charge is 2.20. The van der Waals surface area contributed by atoms with Crippen molar-refractivity contribution >= 4 is 28.1 Å². The molecule has 2 aromatic heterocycles. The van der Waals surface area contributed by atoms with E-state index in [1.165, 1.54) is 0 Å². The van der Waals surface area contributed by atoms with Gasteiger partial charge in [0.25, 0.3) is 0 Å². The highest BCUT2D eigenvalue weighted by molar-refractivity contribution is 7.08. The molecule has 5 nitrogen and oxygen atoms in total. The van der Waals surface area contributed by atoms with Crippen LogP contribution in [0, 0.1) is 0 Å². The third-order valence-corrected chi connectivity index (χ3v) is 5.13. The Hall–Kier alpha value is -2.02. The summed E-state index contributed by atoms with van der Waals surface area (Å²) in [5, 5.41) is 14.4. The second-order valence-electron chi connectivity index (χ2n) is 5.95. The van der Waals surface area contributed by atoms with Gasteiger partial charge in [-0.15, -0.1) is 0 Å². The number of aromatic nitrogens is 2. The standard InChI is InChI=1S/C18H20N4OS/c23-11-10-21-6-8-22(9-7-21)18-15-3-1-2-4-16(15)19-17(20-18)14-5-12-24-13-14/h1-5,12-13,23H,6-11H2. The first-order chi connectivity index (χ1) is 11.8. The fourth-order valence-electron chi connectivity index (χ4n) is 3.15. The smallest absolute Gasteiger partial charge is 0.162 e. The van der Waals surface area contributed by atoms with Crippen LogP contribution >= 0.6 is 11.3 Å². The van der Waals surface area contributed by atoms with Crippen molar-refractivity contribution in [3.8, 4) is 11.4 Å². The Morgan fingerprint density at radius 3 is 2.62 bits per heavy atom. The molecule has 0 amide bonds. The van der Waals surface area contributed by atoms with Gasteiger partial charge in [0.05, 0.1) is 12.1 Å². The number of piperazine rings is 1. The summed E-state index contributed by atoms with van der Waals surface area (Å²) in [5.74, 6) is 1.81. The van der Waals surface area contributed by atoms with E-state index in [1.807, 2.05) is 12.1 Å². The summed E-state index contributed by atoms with van der Waals surface area (Å²) in [7, 11) is 0. The molecule has 3 aromatic rings. The van der Waals surface area contributed by atoms with Crippen molar-refractivity contribution < 1.29 is 5.11 Å². The van der Waals surface area contributed by atoms with Gasteiger partial charge in [0.2, 0.25) is 0 Å². The van der Waals surface area contributed by atoms with Crippen LogP contribution in [-0.2, 0) is 0 Å². The third-order valence-electron chi connectivity index (χ3n) is 4.45. The Labute approximate surface area is 145 Å². The molecule has 1 aliphatic heterocycles. The minimum Gasteiger partial charge on any atom is -0.395 e. The Balaban J connectivity index is 1.71. The van der Waals surface area contributed by atoms with Crippen LogP contribution in [0.5, 0.6) is 0 Å². The van der Waals surface area contributed by atoms with Crippen LogP contribution in [0.2, 0.25) is 0 Å². The Kier molecular flexibility index (Phi) is 4.42. The first-order valence-electron chi connectivity index (χ1n) is 8.22. The molecule has 1 aromatic carbocycles. The van der Waals surface area contributed by atoms with Gasteiger partial charge in [0.15, 0.2) is 5.82 Å². The lowest BCUT2D eigenvalue weighted by molar-refractivity contribution is 0.188. The number of hydrogen-bond acceptors (Lipinski definition) is 6. The van der Waals surface area contributed by atoms with E-state index in [9.17, 15) is 0 Å². The van der Waals surface area contributed by atoms with Crippen molar-refractivity contribution in [1.82, 2.24) is 14.9 Å². The van der Waals surface area contributed by atoms with Gasteiger partial charge in [-0.3, -0.25) is 4.90 Å². The van der Waals surface area contributed by atoms with E-state index in [2.05, 4.69) is 38.8 Å². The molecule has 6 heteroatoms. The quantitative estimate of drug-likeness (QED) is 0.791. The van der Waals surface area contributed by atoms with Crippen LogP contribution in [0.1, 0.15) is 0 Å². The van der Waals surface area contributed by atoms with Gasteiger partial charge >= 0.3 is 0 Å². The fourth-order valence-corrected chi connectivity index (χ4v) is 3.78. The number of nitrogens with zero attached hydrogens (tertiary/aromatic N) is 4. The van der Waals surface area contributed by atoms with Crippen molar-refractivity contribution in [1.29, 1.82) is 0 Å². The third kappa shape index (κ3) is 3.00. The van der Waals surface area contributed by atoms with Gasteiger partial charge in [0.1, 0.15) is 5.82 Å². The summed E-state index contributed by atoms with van der Waals surface area (Å²) in [6.45, 7) is 4.71. The van der Waals surface area contributed by atoms with Crippen LogP contribution in [0.3, 0.4) is 0 Å². The van der Waals surface area contributed by atoms with Crippen LogP contribution < -0.4 is 4.90 Å². The van der Waals surface area contributed by atoms with Gasteiger partial charge < -0.3 is 10.0 Å². The maximum atomic E-state index is 9.11. The number of aliphatic hydroxyl groups is 1. The maximum absolute atomic E-state index is 9.11. The molecular weight excluding hydrogens is 320 g/mol. The molecule has 0 aliphatic carbocycles. The second-order valence-corrected chi connectivity index (χ2v) is 6.73. The Morgan fingerprint density at radius 1 is 1.04 bits per heavy atom. The highest BCUT2D eigenvalue weighted by atomic mass is 32.1. The summed E-state index contributed by atoms with van der Waals surface area (Å²) in [6.07, 6.45) is 0. The molecule has 1 aliphatic rings. The van der Waals surface area contributed by atoms with Gasteiger partial charge in [-0.1, -0.05) is 12.1 Å². The zero-order valence-electron chi connectivity index (χ0n) is 13.4. The highest BCUT2D eigenvalue weighted by Crippen LogP contribution is 2.28. The molecule has 24 heavy (non-hydrogen) atoms. The minimum absolute atomic E-state index is 0.221. The molecule has 4 rings (SSSR count). The molecule has 1 fully saturated rings. The summed E-state index contributed by atoms with van der Waals surface area (Å²) in [4.78, 5) is 14.3. The van der Waals surface area contributed by atoms with Crippen LogP contribution in [0.4, 0.5) is 5.82 Å². The normalized spacial score (nSPS) is 16.0. The summed E-state index contributed by atoms with van der Waals surface area (Å²) in [6, 6.07) is 10.3. The summed E-state index contributed by atoms with van der Waals surface area (Å²) in [5.41, 5.74) is 2.06. The van der Waals surface area contributed by atoms with Crippen molar-refractivity contribution in [2.75, 3.05) is 44.2 Å². The number of hydrogen-bond donors (Lipinski definition) is 1. The van der Waals surface area contributed by atoms with E-state index < -0.39 is 0 Å². The monoisotopic (exact) mass is 340 g/mol. The molecule has 3 heterocycles. The van der Waals surface area contributed by atoms with Gasteiger partial charge in [-0.2, -0.15) is 11.3 Å². The number of rotatable bonds is 4. The molecule has 124 valence electrons. The van der Waals surface area contributed by atoms with E-state index in [1.54, 1.807) is 11.3 Å². The predicted molar refractivity (Wildman–Crippen MR) is 98.6 cm³/mol. The van der Waals surface area contributed by atoms with Crippen molar-refractivity contribution in [3.05, 3.63) is 41.1 Å². The summed E-state index contributed by atoms with van der Waals surface area (Å²) >= 11 is 1.66. The number of para-hydroxylation sites is 1. The SMILES string of the molecule is OCCN1CCN(c2nc(-c3ccsc3)nc3ccccc23)CC1. The first kappa shape index (κ1) is 15.5. The van der Waals surface area contributed by atoms with E-state index in [-0.39, 0.29) is 6.61 Å². The molecule has 0 saturated carbocycles. The Morgan fingerprint density at radius 2 is 1.88 bits per heavy atom. The van der Waals surface area contributed by atoms with Gasteiger partial charge in [0, 0.05) is 49.1 Å². The minimum atomic E-state index is 0.221. The van der Waals surface area contributed by atoms with E-state index in [4.69, 9.17) is 15.1 Å². The lowest BCUT2D eigenvalue weighted by Gasteiger charge is -2.35. The zero-order chi connectivity index (χ0) is 16.4. The lowest BCUT2D eigenvalue weighted by atomic mass is 10.2. The summed E-state index contributed by atoms with van der Waals surface area (Å²) < 4.78 is 0. The second kappa shape index (κ2) is 6.84. The number of β-amino-alcohol motifs (C(OH)–C–C–N with tert-alkyl or cyclic N) is 1. The van der Waals surface area contributed by atoms with Crippen LogP contribution in [0.25, 0.3) is 22.3 Å². The molecule has 0 bridgehead atoms. The van der Waals surface area contributed by atoms with Gasteiger partial charge in [-0.05, 0) is 23.6 Å². The first-order valence-corrected chi connectivity index (χ1v) is 9.17. The van der Waals surface area contributed by atoms with Crippen LogP contribution in [-0.4, -0.2) is 59.3 Å². The lowest BCUT2D eigenvalue weighted by Crippen LogP contribution is -2.47. The zero-order valence-corrected chi connectivity index (χ0v) is 14.2. The molecule has 0 unspecified atom stereocenters. The number of aliphatic hydroxyl groups excluding tert-OH is 1. The maximum Gasteiger partial charge on any atom is 0.162 e. The van der Waals surface area contributed by atoms with E-state index >= 15 is 0 Å². The van der Waals surface area contributed by atoms with E-state index in [0.717, 1.165) is 60.8 Å². The Bertz CT molecular complexity index is 813. The number of benzene rings is 1. The molecular formula is C18H20N4OS. The molecule has 0 radical (unpaired) electrons. The number of thiophene rings is 1. The van der Waals surface area contributed by atoms with Gasteiger partial charge in [-0.25, -0.2) is 9.97 Å². The molecule has 1 saturated heterocycles. The fraction of sp³-hybridized carbons (Fsp3) is 0.333. The van der Waals surface area contributed by atoms with Crippen molar-refractivity contribution in [3.63, 3.8) is 0 Å². The predicted octanol–water partition coefficient (Wildman–Crippen LogP) is 2.47. The topological polar surface area (TPSA) is 52.5 Å². The van der Waals surface area contributed by atoms with Crippen molar-refractivity contribution in [2.24, 2.45) is 0 Å². The number of fused-ring (bicyclic) bond motifs is 1. The largest absolute Gasteiger partial charge is 0.395 e. The molecule has 1 N–H and O–H groups in total. The average Bonchev–Trinajstić information content (AvgIpc) is 3.16. The molecule has 0 atom stereocenters. The van der Waals surface area contributed by atoms with Crippen molar-refractivity contribution in [2.45, 2.75) is 0 Å². The van der Waals surface area contributed by atoms with E-state index in [0.29, 0.717) is 0 Å². The average molecular weight is 340 g/mol. The number of anilines is 1.